The number of nitrogens with one attached hydrogen (secondary N) is 1. The molecule has 1 aliphatic rings. The zero-order chi connectivity index (χ0) is 14.5. The van der Waals surface area contributed by atoms with Crippen molar-refractivity contribution in [2.24, 2.45) is 0 Å². The van der Waals surface area contributed by atoms with Crippen LogP contribution in [0.3, 0.4) is 0 Å². The van der Waals surface area contributed by atoms with Gasteiger partial charge in [-0.05, 0) is 33.6 Å². The molecule has 1 aliphatic heterocycles. The zero-order valence-corrected chi connectivity index (χ0v) is 12.5. The molecule has 4 heteroatoms. The van der Waals surface area contributed by atoms with Crippen molar-refractivity contribution in [1.29, 1.82) is 0 Å². The summed E-state index contributed by atoms with van der Waals surface area (Å²) >= 11 is 0. The molecule has 1 amide bonds. The third-order valence-electron chi connectivity index (χ3n) is 3.06. The number of hydrogen-bond acceptors (Lipinski definition) is 3. The predicted octanol–water partition coefficient (Wildman–Crippen LogP) is 2.39. The Morgan fingerprint density at radius 1 is 1.58 bits per heavy atom. The summed E-state index contributed by atoms with van der Waals surface area (Å²) in [5.74, 6) is 2.77. The summed E-state index contributed by atoms with van der Waals surface area (Å²) in [5.41, 5.74) is -0.438. The van der Waals surface area contributed by atoms with E-state index >= 15 is 0 Å². The Hall–Kier alpha value is -1.21. The van der Waals surface area contributed by atoms with Gasteiger partial charge in [0.15, 0.2) is 0 Å². The fraction of sp³-hybridized carbons (Fsp3) is 0.800. The molecule has 0 aromatic heterocycles. The van der Waals surface area contributed by atoms with Gasteiger partial charge in [0.05, 0.1) is 6.04 Å². The van der Waals surface area contributed by atoms with Gasteiger partial charge in [0.1, 0.15) is 5.60 Å². The molecule has 0 bridgehead atoms. The second-order valence-electron chi connectivity index (χ2n) is 6.09. The van der Waals surface area contributed by atoms with Gasteiger partial charge in [0.25, 0.3) is 0 Å². The lowest BCUT2D eigenvalue weighted by Crippen LogP contribution is -2.41. The number of nitrogens with zero attached hydrogens (tertiary/aromatic N) is 1. The molecule has 0 saturated carbocycles. The quantitative estimate of drug-likeness (QED) is 0.794. The summed E-state index contributed by atoms with van der Waals surface area (Å²) in [4.78, 5) is 13.7. The molecule has 1 rings (SSSR count). The zero-order valence-electron chi connectivity index (χ0n) is 12.5. The molecule has 0 radical (unpaired) electrons. The summed E-state index contributed by atoms with van der Waals surface area (Å²) in [6.45, 7) is 9.17. The first kappa shape index (κ1) is 15.8. The Morgan fingerprint density at radius 3 is 2.79 bits per heavy atom. The molecular weight excluding hydrogens is 240 g/mol. The monoisotopic (exact) mass is 266 g/mol. The van der Waals surface area contributed by atoms with Crippen LogP contribution in [0.1, 0.15) is 47.0 Å². The second-order valence-corrected chi connectivity index (χ2v) is 6.09. The Bertz CT molecular complexity index is 341. The molecule has 1 fully saturated rings. The molecule has 4 nitrogen and oxygen atoms in total. The molecule has 19 heavy (non-hydrogen) atoms. The van der Waals surface area contributed by atoms with E-state index in [-0.39, 0.29) is 18.2 Å². The number of hydrogen-bond donors (Lipinski definition) is 1. The Balaban J connectivity index is 2.41. The van der Waals surface area contributed by atoms with E-state index in [4.69, 9.17) is 11.2 Å². The highest BCUT2D eigenvalue weighted by Crippen LogP contribution is 2.16. The van der Waals surface area contributed by atoms with Crippen molar-refractivity contribution in [3.63, 3.8) is 0 Å². The first-order valence-electron chi connectivity index (χ1n) is 7.05. The van der Waals surface area contributed by atoms with Crippen molar-refractivity contribution >= 4 is 6.09 Å². The highest BCUT2D eigenvalue weighted by Gasteiger charge is 2.30. The van der Waals surface area contributed by atoms with E-state index in [2.05, 4.69) is 18.2 Å². The largest absolute Gasteiger partial charge is 0.444 e. The number of likely N-dealkylation sites (tertiary alicyclic amines) is 1. The molecular formula is C15H26N2O2. The van der Waals surface area contributed by atoms with Crippen LogP contribution < -0.4 is 5.32 Å². The molecule has 0 aromatic carbocycles. The lowest BCUT2D eigenvalue weighted by Gasteiger charge is -2.25. The highest BCUT2D eigenvalue weighted by atomic mass is 16.6. The average molecular weight is 266 g/mol. The van der Waals surface area contributed by atoms with Crippen LogP contribution in [0.25, 0.3) is 0 Å². The third-order valence-corrected chi connectivity index (χ3v) is 3.06. The summed E-state index contributed by atoms with van der Waals surface area (Å²) in [6.07, 6.45) is 8.23. The first-order valence-corrected chi connectivity index (χ1v) is 7.05. The minimum absolute atomic E-state index is 0.105. The molecule has 1 heterocycles. The minimum atomic E-state index is -0.438. The van der Waals surface area contributed by atoms with Crippen molar-refractivity contribution in [2.45, 2.75) is 64.6 Å². The molecule has 0 aliphatic carbocycles. The normalized spacial score (nSPS) is 21.0. The van der Waals surface area contributed by atoms with E-state index in [1.54, 1.807) is 4.90 Å². The van der Waals surface area contributed by atoms with E-state index < -0.39 is 5.60 Å². The van der Waals surface area contributed by atoms with Crippen LogP contribution in [0.15, 0.2) is 0 Å². The van der Waals surface area contributed by atoms with E-state index in [0.717, 1.165) is 25.8 Å². The Morgan fingerprint density at radius 2 is 2.26 bits per heavy atom. The number of carbonyl (C=O) groups is 1. The maximum Gasteiger partial charge on any atom is 0.410 e. The van der Waals surface area contributed by atoms with Gasteiger partial charge in [-0.2, -0.15) is 0 Å². The molecule has 108 valence electrons. The minimum Gasteiger partial charge on any atom is -0.444 e. The number of rotatable bonds is 4. The maximum atomic E-state index is 11.9. The Kier molecular flexibility index (Phi) is 5.68. The van der Waals surface area contributed by atoms with Gasteiger partial charge >= 0.3 is 6.09 Å². The number of carbonyl (C=O) groups excluding carboxylic acids is 1. The van der Waals surface area contributed by atoms with Crippen LogP contribution >= 0.6 is 0 Å². The number of terminal acetylenes is 1. The predicted molar refractivity (Wildman–Crippen MR) is 76.9 cm³/mol. The van der Waals surface area contributed by atoms with Crippen molar-refractivity contribution in [2.75, 3.05) is 13.1 Å². The molecule has 1 N–H and O–H groups in total. The summed E-state index contributed by atoms with van der Waals surface area (Å²) in [7, 11) is 0. The van der Waals surface area contributed by atoms with Crippen molar-refractivity contribution < 1.29 is 9.53 Å². The average Bonchev–Trinajstić information content (AvgIpc) is 2.75. The van der Waals surface area contributed by atoms with Gasteiger partial charge in [-0.15, -0.1) is 6.42 Å². The van der Waals surface area contributed by atoms with E-state index in [9.17, 15) is 4.79 Å². The van der Waals surface area contributed by atoms with Gasteiger partial charge in [0.2, 0.25) is 0 Å². The van der Waals surface area contributed by atoms with Crippen LogP contribution in [-0.4, -0.2) is 41.8 Å². The highest BCUT2D eigenvalue weighted by molar-refractivity contribution is 5.68. The van der Waals surface area contributed by atoms with Gasteiger partial charge in [-0.1, -0.05) is 19.3 Å². The molecule has 1 saturated heterocycles. The topological polar surface area (TPSA) is 41.6 Å². The number of ether oxygens (including phenoxy) is 1. The van der Waals surface area contributed by atoms with Gasteiger partial charge in [-0.25, -0.2) is 4.79 Å². The maximum absolute atomic E-state index is 11.9. The Labute approximate surface area is 116 Å². The third kappa shape index (κ3) is 5.52. The van der Waals surface area contributed by atoms with Crippen LogP contribution in [0.5, 0.6) is 0 Å². The first-order chi connectivity index (χ1) is 8.85. The van der Waals surface area contributed by atoms with E-state index in [0.29, 0.717) is 6.54 Å². The fourth-order valence-electron chi connectivity index (χ4n) is 2.18. The molecule has 2 unspecified atom stereocenters. The molecule has 2 atom stereocenters. The lowest BCUT2D eigenvalue weighted by atomic mass is 10.1. The van der Waals surface area contributed by atoms with Gasteiger partial charge < -0.3 is 9.64 Å². The SMILES string of the molecule is C#CC(CCC)NC1CCN(C(=O)OC(C)(C)C)C1. The lowest BCUT2D eigenvalue weighted by molar-refractivity contribution is 0.0290. The smallest absolute Gasteiger partial charge is 0.410 e. The molecule has 0 aromatic rings. The number of amides is 1. The van der Waals surface area contributed by atoms with Crippen LogP contribution in [0.4, 0.5) is 4.79 Å². The van der Waals surface area contributed by atoms with Gasteiger partial charge in [0, 0.05) is 19.1 Å². The standard InChI is InChI=1S/C15H26N2O2/c1-6-8-12(7-2)16-13-9-10-17(11-13)14(18)19-15(3,4)5/h2,12-13,16H,6,8-11H2,1,3-5H3. The van der Waals surface area contributed by atoms with Crippen LogP contribution in [0, 0.1) is 12.3 Å². The summed E-state index contributed by atoms with van der Waals surface area (Å²) in [5, 5.41) is 3.43. The van der Waals surface area contributed by atoms with Crippen molar-refractivity contribution in [1.82, 2.24) is 10.2 Å². The fourth-order valence-corrected chi connectivity index (χ4v) is 2.18. The molecule has 0 spiro atoms. The van der Waals surface area contributed by atoms with Crippen molar-refractivity contribution in [3.8, 4) is 12.3 Å². The van der Waals surface area contributed by atoms with Gasteiger partial charge in [-0.3, -0.25) is 5.32 Å². The van der Waals surface area contributed by atoms with Crippen molar-refractivity contribution in [3.05, 3.63) is 0 Å². The second kappa shape index (κ2) is 6.81. The van der Waals surface area contributed by atoms with Crippen LogP contribution in [-0.2, 0) is 4.74 Å². The van der Waals surface area contributed by atoms with E-state index in [1.807, 2.05) is 20.8 Å². The van der Waals surface area contributed by atoms with E-state index in [1.165, 1.54) is 0 Å². The summed E-state index contributed by atoms with van der Waals surface area (Å²) < 4.78 is 5.37. The van der Waals surface area contributed by atoms with Crippen LogP contribution in [0.2, 0.25) is 0 Å². The summed E-state index contributed by atoms with van der Waals surface area (Å²) in [6, 6.07) is 0.383.